The van der Waals surface area contributed by atoms with Crippen molar-refractivity contribution in [2.75, 3.05) is 6.54 Å². The number of rotatable bonds is 5. The number of furan rings is 1. The summed E-state index contributed by atoms with van der Waals surface area (Å²) in [6.45, 7) is 2.70. The van der Waals surface area contributed by atoms with Gasteiger partial charge in [0.25, 0.3) is 5.91 Å². The van der Waals surface area contributed by atoms with Gasteiger partial charge in [0.05, 0.1) is 0 Å². The van der Waals surface area contributed by atoms with Crippen molar-refractivity contribution in [2.24, 2.45) is 0 Å². The molecule has 0 radical (unpaired) electrons. The number of para-hydroxylation sites is 1. The normalized spacial score (nSPS) is 17.5. The van der Waals surface area contributed by atoms with Crippen molar-refractivity contribution >= 4 is 11.8 Å². The molecule has 1 aromatic heterocycles. The van der Waals surface area contributed by atoms with Crippen LogP contribution in [0.4, 0.5) is 0 Å². The molecular formula is C19H22N2O4. The van der Waals surface area contributed by atoms with Crippen molar-refractivity contribution in [1.29, 1.82) is 0 Å². The second kappa shape index (κ2) is 7.88. The molecule has 2 heterocycles. The predicted octanol–water partition coefficient (Wildman–Crippen LogP) is 2.57. The zero-order chi connectivity index (χ0) is 17.6. The third kappa shape index (κ3) is 4.41. The maximum absolute atomic E-state index is 12.5. The van der Waals surface area contributed by atoms with Gasteiger partial charge < -0.3 is 19.8 Å². The molecule has 1 saturated heterocycles. The number of carbonyl (C=O) groups excluding carboxylic acids is 2. The van der Waals surface area contributed by atoms with Crippen LogP contribution in [0.2, 0.25) is 0 Å². The highest BCUT2D eigenvalue weighted by Gasteiger charge is 2.25. The summed E-state index contributed by atoms with van der Waals surface area (Å²) in [5.41, 5.74) is 0.721. The molecule has 132 valence electrons. The molecule has 0 bridgehead atoms. The first-order chi connectivity index (χ1) is 12.1. The highest BCUT2D eigenvalue weighted by atomic mass is 16.5. The van der Waals surface area contributed by atoms with E-state index in [9.17, 15) is 9.59 Å². The van der Waals surface area contributed by atoms with Crippen molar-refractivity contribution < 1.29 is 18.7 Å². The highest BCUT2D eigenvalue weighted by Crippen LogP contribution is 2.18. The molecular weight excluding hydrogens is 320 g/mol. The molecule has 6 nitrogen and oxygen atoms in total. The molecule has 3 rings (SSSR count). The first-order valence-electron chi connectivity index (χ1n) is 8.49. The highest BCUT2D eigenvalue weighted by molar-refractivity contribution is 5.96. The third-order valence-electron chi connectivity index (χ3n) is 4.14. The van der Waals surface area contributed by atoms with Crippen LogP contribution < -0.4 is 15.4 Å². The molecule has 1 aliphatic rings. The van der Waals surface area contributed by atoms with Crippen molar-refractivity contribution in [2.45, 2.75) is 38.8 Å². The zero-order valence-corrected chi connectivity index (χ0v) is 14.2. The van der Waals surface area contributed by atoms with Gasteiger partial charge in [-0.25, -0.2) is 0 Å². The summed E-state index contributed by atoms with van der Waals surface area (Å²) in [4.78, 5) is 24.4. The Hall–Kier alpha value is -2.76. The molecule has 1 fully saturated rings. The van der Waals surface area contributed by atoms with E-state index in [4.69, 9.17) is 9.15 Å². The van der Waals surface area contributed by atoms with Crippen LogP contribution in [0.5, 0.6) is 5.75 Å². The number of ether oxygens (including phenoxy) is 1. The molecule has 0 spiro atoms. The zero-order valence-electron chi connectivity index (χ0n) is 14.2. The smallest absolute Gasteiger partial charge is 0.287 e. The summed E-state index contributed by atoms with van der Waals surface area (Å²) in [6, 6.07) is 10.7. The monoisotopic (exact) mass is 342 g/mol. The van der Waals surface area contributed by atoms with Crippen LogP contribution in [0.25, 0.3) is 0 Å². The molecule has 0 unspecified atom stereocenters. The minimum absolute atomic E-state index is 0.136. The van der Waals surface area contributed by atoms with Gasteiger partial charge in [-0.15, -0.1) is 0 Å². The summed E-state index contributed by atoms with van der Waals surface area (Å²) in [7, 11) is 0. The van der Waals surface area contributed by atoms with E-state index in [0.29, 0.717) is 18.7 Å². The summed E-state index contributed by atoms with van der Waals surface area (Å²) >= 11 is 0. The molecule has 1 aromatic carbocycles. The van der Waals surface area contributed by atoms with Gasteiger partial charge in [0.1, 0.15) is 24.2 Å². The second-order valence-corrected chi connectivity index (χ2v) is 6.14. The predicted molar refractivity (Wildman–Crippen MR) is 92.3 cm³/mol. The number of carbonyl (C=O) groups is 2. The summed E-state index contributed by atoms with van der Waals surface area (Å²) in [6.07, 6.45) is 2.47. The fourth-order valence-electron chi connectivity index (χ4n) is 2.82. The van der Waals surface area contributed by atoms with Crippen LogP contribution in [-0.4, -0.2) is 24.4 Å². The van der Waals surface area contributed by atoms with E-state index in [-0.39, 0.29) is 24.2 Å². The Bertz CT molecular complexity index is 739. The van der Waals surface area contributed by atoms with Gasteiger partial charge in [-0.05, 0) is 44.4 Å². The Morgan fingerprint density at radius 1 is 1.32 bits per heavy atom. The average molecular weight is 342 g/mol. The number of amides is 2. The lowest BCUT2D eigenvalue weighted by molar-refractivity contribution is -0.122. The largest absolute Gasteiger partial charge is 0.486 e. The van der Waals surface area contributed by atoms with E-state index in [1.165, 1.54) is 0 Å². The van der Waals surface area contributed by atoms with Crippen LogP contribution in [0.1, 0.15) is 41.1 Å². The first kappa shape index (κ1) is 17.1. The van der Waals surface area contributed by atoms with Crippen LogP contribution in [0.15, 0.2) is 40.8 Å². The second-order valence-electron chi connectivity index (χ2n) is 6.14. The van der Waals surface area contributed by atoms with Crippen molar-refractivity contribution in [3.63, 3.8) is 0 Å². The Kier molecular flexibility index (Phi) is 5.38. The lowest BCUT2D eigenvalue weighted by atomic mass is 10.1. The van der Waals surface area contributed by atoms with E-state index >= 15 is 0 Å². The van der Waals surface area contributed by atoms with Gasteiger partial charge in [-0.2, -0.15) is 0 Å². The average Bonchev–Trinajstić information content (AvgIpc) is 2.88. The van der Waals surface area contributed by atoms with Gasteiger partial charge in [0.2, 0.25) is 5.91 Å². The van der Waals surface area contributed by atoms with Gasteiger partial charge in [-0.1, -0.05) is 18.2 Å². The maximum Gasteiger partial charge on any atom is 0.287 e. The van der Waals surface area contributed by atoms with Gasteiger partial charge >= 0.3 is 0 Å². The molecule has 0 aliphatic carbocycles. The molecule has 0 saturated carbocycles. The number of nitrogens with one attached hydrogen (secondary N) is 2. The number of hydrogen-bond acceptors (Lipinski definition) is 4. The van der Waals surface area contributed by atoms with Crippen LogP contribution in [0, 0.1) is 6.92 Å². The first-order valence-corrected chi connectivity index (χ1v) is 8.49. The minimum Gasteiger partial charge on any atom is -0.486 e. The Morgan fingerprint density at radius 2 is 2.12 bits per heavy atom. The number of benzene rings is 1. The van der Waals surface area contributed by atoms with Crippen LogP contribution in [0.3, 0.4) is 0 Å². The van der Waals surface area contributed by atoms with Crippen molar-refractivity contribution in [1.82, 2.24) is 10.6 Å². The molecule has 2 amide bonds. The lowest BCUT2D eigenvalue weighted by Gasteiger charge is -2.14. The quantitative estimate of drug-likeness (QED) is 0.875. The molecule has 25 heavy (non-hydrogen) atoms. The van der Waals surface area contributed by atoms with E-state index in [1.807, 2.05) is 30.3 Å². The lowest BCUT2D eigenvalue weighted by Crippen LogP contribution is -2.45. The number of hydrogen-bond donors (Lipinski definition) is 2. The Balaban J connectivity index is 1.62. The van der Waals surface area contributed by atoms with Gasteiger partial charge in [-0.3, -0.25) is 9.59 Å². The fourth-order valence-corrected chi connectivity index (χ4v) is 2.82. The summed E-state index contributed by atoms with van der Waals surface area (Å²) < 4.78 is 11.3. The van der Waals surface area contributed by atoms with E-state index < -0.39 is 6.04 Å². The van der Waals surface area contributed by atoms with E-state index in [0.717, 1.165) is 24.2 Å². The van der Waals surface area contributed by atoms with Crippen LogP contribution >= 0.6 is 0 Å². The standard InChI is InChI=1S/C19H22N2O4/c1-13-11-15(12-24-14-7-3-2-4-8-14)25-17(13)19(23)21-16-9-5-6-10-20-18(16)22/h2-4,7-8,11,16H,5-6,9-10,12H2,1H3,(H,20,22)(H,21,23)/t16-/m1/s1. The molecule has 2 aromatic rings. The van der Waals surface area contributed by atoms with Crippen LogP contribution in [-0.2, 0) is 11.4 Å². The molecule has 1 atom stereocenters. The minimum atomic E-state index is -0.511. The third-order valence-corrected chi connectivity index (χ3v) is 4.14. The SMILES string of the molecule is Cc1cc(COc2ccccc2)oc1C(=O)N[C@@H]1CCCCNC1=O. The number of aryl methyl sites for hydroxylation is 1. The van der Waals surface area contributed by atoms with Gasteiger partial charge in [0, 0.05) is 12.1 Å². The maximum atomic E-state index is 12.5. The van der Waals surface area contributed by atoms with Crippen molar-refractivity contribution in [3.8, 4) is 5.75 Å². The summed E-state index contributed by atoms with van der Waals surface area (Å²) in [5.74, 6) is 1.02. The molecule has 1 aliphatic heterocycles. The summed E-state index contributed by atoms with van der Waals surface area (Å²) in [5, 5.41) is 5.57. The van der Waals surface area contributed by atoms with Crippen molar-refractivity contribution in [3.05, 3.63) is 53.5 Å². The topological polar surface area (TPSA) is 80.6 Å². The van der Waals surface area contributed by atoms with E-state index in [2.05, 4.69) is 10.6 Å². The molecule has 2 N–H and O–H groups in total. The van der Waals surface area contributed by atoms with E-state index in [1.54, 1.807) is 13.0 Å². The Labute approximate surface area is 146 Å². The fraction of sp³-hybridized carbons (Fsp3) is 0.368. The van der Waals surface area contributed by atoms with Gasteiger partial charge in [0.15, 0.2) is 5.76 Å². The Morgan fingerprint density at radius 3 is 2.92 bits per heavy atom. The molecule has 6 heteroatoms.